The van der Waals surface area contributed by atoms with Gasteiger partial charge in [0.25, 0.3) is 0 Å². The maximum Gasteiger partial charge on any atom is 0.165 e. The zero-order valence-electron chi connectivity index (χ0n) is 7.93. The molecule has 0 saturated heterocycles. The van der Waals surface area contributed by atoms with Crippen LogP contribution in [0.2, 0.25) is 0 Å². The van der Waals surface area contributed by atoms with Crippen molar-refractivity contribution >= 4 is 15.9 Å². The maximum absolute atomic E-state index is 13.1. The number of benzene rings is 1. The minimum Gasteiger partial charge on any atom is -0.488 e. The van der Waals surface area contributed by atoms with Crippen LogP contribution in [-0.4, -0.2) is 19.8 Å². The van der Waals surface area contributed by atoms with Gasteiger partial charge in [-0.25, -0.2) is 4.39 Å². The van der Waals surface area contributed by atoms with Crippen molar-refractivity contribution in [3.05, 3.63) is 28.5 Å². The molecule has 0 amide bonds. The fourth-order valence-corrected chi connectivity index (χ4v) is 1.28. The van der Waals surface area contributed by atoms with Crippen molar-refractivity contribution in [3.63, 3.8) is 0 Å². The number of halogens is 2. The Balaban J connectivity index is 2.45. The minimum atomic E-state index is -0.357. The van der Waals surface area contributed by atoms with Gasteiger partial charge in [-0.05, 0) is 25.1 Å². The average molecular weight is 263 g/mol. The zero-order chi connectivity index (χ0) is 10.4. The molecule has 0 aliphatic heterocycles. The highest BCUT2D eigenvalue weighted by molar-refractivity contribution is 9.10. The molecular formula is C10H12BrFO2. The summed E-state index contributed by atoms with van der Waals surface area (Å²) in [5.74, 6) is -0.108. The van der Waals surface area contributed by atoms with E-state index in [4.69, 9.17) is 9.47 Å². The van der Waals surface area contributed by atoms with Crippen molar-refractivity contribution in [3.8, 4) is 5.75 Å². The van der Waals surface area contributed by atoms with Crippen molar-refractivity contribution in [2.24, 2.45) is 0 Å². The number of rotatable bonds is 5. The molecule has 0 saturated carbocycles. The van der Waals surface area contributed by atoms with E-state index >= 15 is 0 Å². The molecule has 0 N–H and O–H groups in total. The molecule has 0 fully saturated rings. The van der Waals surface area contributed by atoms with Crippen molar-refractivity contribution < 1.29 is 13.9 Å². The second-order valence-electron chi connectivity index (χ2n) is 2.62. The first-order chi connectivity index (χ1) is 6.74. The topological polar surface area (TPSA) is 18.5 Å². The largest absolute Gasteiger partial charge is 0.488 e. The third kappa shape index (κ3) is 3.64. The van der Waals surface area contributed by atoms with Crippen LogP contribution in [0.3, 0.4) is 0 Å². The number of hydrogen-bond donors (Lipinski definition) is 0. The van der Waals surface area contributed by atoms with Crippen LogP contribution in [0.15, 0.2) is 22.7 Å². The zero-order valence-corrected chi connectivity index (χ0v) is 9.51. The molecule has 0 aliphatic carbocycles. The van der Waals surface area contributed by atoms with E-state index in [1.165, 1.54) is 6.07 Å². The molecule has 0 heterocycles. The fourth-order valence-electron chi connectivity index (χ4n) is 0.943. The van der Waals surface area contributed by atoms with E-state index in [2.05, 4.69) is 15.9 Å². The van der Waals surface area contributed by atoms with Crippen molar-refractivity contribution in [2.45, 2.75) is 6.92 Å². The van der Waals surface area contributed by atoms with Crippen LogP contribution >= 0.6 is 15.9 Å². The lowest BCUT2D eigenvalue weighted by Gasteiger charge is -2.07. The average Bonchev–Trinajstić information content (AvgIpc) is 2.18. The summed E-state index contributed by atoms with van der Waals surface area (Å²) < 4.78 is 24.1. The first-order valence-electron chi connectivity index (χ1n) is 4.39. The van der Waals surface area contributed by atoms with Gasteiger partial charge >= 0.3 is 0 Å². The van der Waals surface area contributed by atoms with Gasteiger partial charge in [0, 0.05) is 11.1 Å². The summed E-state index contributed by atoms with van der Waals surface area (Å²) in [4.78, 5) is 0. The minimum absolute atomic E-state index is 0.249. The highest BCUT2D eigenvalue weighted by Crippen LogP contribution is 2.21. The third-order valence-electron chi connectivity index (χ3n) is 1.58. The van der Waals surface area contributed by atoms with E-state index in [0.717, 1.165) is 4.47 Å². The predicted molar refractivity (Wildman–Crippen MR) is 56.1 cm³/mol. The van der Waals surface area contributed by atoms with Gasteiger partial charge in [0.15, 0.2) is 11.6 Å². The van der Waals surface area contributed by atoms with Crippen LogP contribution in [0.5, 0.6) is 5.75 Å². The Labute approximate surface area is 91.2 Å². The van der Waals surface area contributed by atoms with E-state index < -0.39 is 0 Å². The third-order valence-corrected chi connectivity index (χ3v) is 2.08. The van der Waals surface area contributed by atoms with Crippen LogP contribution in [0, 0.1) is 5.82 Å². The van der Waals surface area contributed by atoms with Gasteiger partial charge in [-0.15, -0.1) is 0 Å². The summed E-state index contributed by atoms with van der Waals surface area (Å²) in [5.41, 5.74) is 0. The molecule has 0 aliphatic rings. The summed E-state index contributed by atoms with van der Waals surface area (Å²) in [6, 6.07) is 4.59. The highest BCUT2D eigenvalue weighted by atomic mass is 79.9. The molecule has 0 spiro atoms. The molecule has 1 rings (SSSR count). The smallest absolute Gasteiger partial charge is 0.165 e. The van der Waals surface area contributed by atoms with Crippen LogP contribution < -0.4 is 4.74 Å². The van der Waals surface area contributed by atoms with E-state index in [1.54, 1.807) is 12.1 Å². The summed E-state index contributed by atoms with van der Waals surface area (Å²) in [6.07, 6.45) is 0. The SMILES string of the molecule is CCOCCOc1cc(Br)ccc1F. The first-order valence-corrected chi connectivity index (χ1v) is 5.19. The molecule has 0 atom stereocenters. The maximum atomic E-state index is 13.1. The number of ether oxygens (including phenoxy) is 2. The summed E-state index contributed by atoms with van der Waals surface area (Å²) in [7, 11) is 0. The molecule has 14 heavy (non-hydrogen) atoms. The van der Waals surface area contributed by atoms with Crippen molar-refractivity contribution in [1.29, 1.82) is 0 Å². The quantitative estimate of drug-likeness (QED) is 0.760. The lowest BCUT2D eigenvalue weighted by Crippen LogP contribution is -2.07. The molecule has 0 unspecified atom stereocenters. The Morgan fingerprint density at radius 3 is 2.86 bits per heavy atom. The first kappa shape index (κ1) is 11.5. The molecular weight excluding hydrogens is 251 g/mol. The van der Waals surface area contributed by atoms with Crippen molar-refractivity contribution in [1.82, 2.24) is 0 Å². The van der Waals surface area contributed by atoms with Gasteiger partial charge < -0.3 is 9.47 Å². The Bertz CT molecular complexity index is 291. The van der Waals surface area contributed by atoms with Gasteiger partial charge in [0.05, 0.1) is 6.61 Å². The summed E-state index contributed by atoms with van der Waals surface area (Å²) >= 11 is 3.24. The Morgan fingerprint density at radius 1 is 1.36 bits per heavy atom. The summed E-state index contributed by atoms with van der Waals surface area (Å²) in [5, 5.41) is 0. The van der Waals surface area contributed by atoms with Crippen LogP contribution in [0.25, 0.3) is 0 Å². The highest BCUT2D eigenvalue weighted by Gasteiger charge is 2.02. The molecule has 0 radical (unpaired) electrons. The molecule has 2 nitrogen and oxygen atoms in total. The van der Waals surface area contributed by atoms with Gasteiger partial charge in [-0.3, -0.25) is 0 Å². The Morgan fingerprint density at radius 2 is 2.14 bits per heavy atom. The Kier molecular flexibility index (Phi) is 4.90. The normalized spacial score (nSPS) is 10.2. The van der Waals surface area contributed by atoms with Crippen LogP contribution in [0.1, 0.15) is 6.92 Å². The van der Waals surface area contributed by atoms with Gasteiger partial charge in [0.2, 0.25) is 0 Å². The molecule has 4 heteroatoms. The van der Waals surface area contributed by atoms with E-state index in [-0.39, 0.29) is 11.6 Å². The predicted octanol–water partition coefficient (Wildman–Crippen LogP) is 3.00. The van der Waals surface area contributed by atoms with Gasteiger partial charge in [-0.2, -0.15) is 0 Å². The van der Waals surface area contributed by atoms with Gasteiger partial charge in [-0.1, -0.05) is 15.9 Å². The number of hydrogen-bond acceptors (Lipinski definition) is 2. The molecule has 78 valence electrons. The summed E-state index contributed by atoms with van der Waals surface area (Å²) in [6.45, 7) is 3.38. The van der Waals surface area contributed by atoms with Crippen LogP contribution in [0.4, 0.5) is 4.39 Å². The van der Waals surface area contributed by atoms with Crippen molar-refractivity contribution in [2.75, 3.05) is 19.8 Å². The van der Waals surface area contributed by atoms with E-state index in [0.29, 0.717) is 19.8 Å². The standard InChI is InChI=1S/C10H12BrFO2/c1-2-13-5-6-14-10-7-8(11)3-4-9(10)12/h3-4,7H,2,5-6H2,1H3. The van der Waals surface area contributed by atoms with Gasteiger partial charge in [0.1, 0.15) is 6.61 Å². The lowest BCUT2D eigenvalue weighted by atomic mass is 10.3. The molecule has 1 aromatic rings. The lowest BCUT2D eigenvalue weighted by molar-refractivity contribution is 0.108. The van der Waals surface area contributed by atoms with E-state index in [1.807, 2.05) is 6.92 Å². The van der Waals surface area contributed by atoms with Crippen LogP contribution in [-0.2, 0) is 4.74 Å². The molecule has 1 aromatic carbocycles. The molecule has 0 bridgehead atoms. The molecule has 0 aromatic heterocycles. The monoisotopic (exact) mass is 262 g/mol. The second kappa shape index (κ2) is 5.98. The van der Waals surface area contributed by atoms with E-state index in [9.17, 15) is 4.39 Å². The Hall–Kier alpha value is -0.610. The second-order valence-corrected chi connectivity index (χ2v) is 3.54. The fraction of sp³-hybridized carbons (Fsp3) is 0.400.